The number of carboxylic acids is 1. The minimum absolute atomic E-state index is 0.00747. The number of nitrogens with one attached hydrogen (secondary N) is 1. The summed E-state index contributed by atoms with van der Waals surface area (Å²) in [5.41, 5.74) is 4.64. The van der Waals surface area contributed by atoms with Gasteiger partial charge in [-0.2, -0.15) is 0 Å². The summed E-state index contributed by atoms with van der Waals surface area (Å²) in [5.74, 6) is -1.04. The van der Waals surface area contributed by atoms with Crippen molar-refractivity contribution in [3.05, 3.63) is 75.7 Å². The molecule has 0 saturated heterocycles. The monoisotopic (exact) mass is 394 g/mol. The lowest BCUT2D eigenvalue weighted by Gasteiger charge is -2.16. The minimum atomic E-state index is -1.03. The zero-order valence-corrected chi connectivity index (χ0v) is 15.9. The Kier molecular flexibility index (Phi) is 4.83. The van der Waals surface area contributed by atoms with Crippen LogP contribution in [0.3, 0.4) is 0 Å². The van der Waals surface area contributed by atoms with Gasteiger partial charge in [-0.05, 0) is 29.2 Å². The second-order valence-electron chi connectivity index (χ2n) is 6.56. The number of hydrogen-bond donors (Lipinski definition) is 2. The number of aromatic carboxylic acids is 1. The van der Waals surface area contributed by atoms with Crippen molar-refractivity contribution in [2.24, 2.45) is 0 Å². The van der Waals surface area contributed by atoms with Crippen molar-refractivity contribution in [2.75, 3.05) is 6.61 Å². The standard InChI is InChI=1S/C21H18N2O4S/c1-12(19-22-10-18(28-19)20(24)25)23-21(26)27-11-17-15-8-4-2-6-13(15)14-7-3-5-9-16(14)17/h2-10,12,17H,11H2,1H3,(H,23,26)(H,24,25). The molecule has 0 fully saturated rings. The van der Waals surface area contributed by atoms with E-state index in [0.717, 1.165) is 22.5 Å². The number of rotatable bonds is 5. The first-order valence-corrected chi connectivity index (χ1v) is 9.66. The fourth-order valence-electron chi connectivity index (χ4n) is 3.47. The van der Waals surface area contributed by atoms with Crippen molar-refractivity contribution >= 4 is 23.4 Å². The van der Waals surface area contributed by atoms with Crippen LogP contribution in [0.15, 0.2) is 54.7 Å². The van der Waals surface area contributed by atoms with Gasteiger partial charge in [-0.3, -0.25) is 0 Å². The summed E-state index contributed by atoms with van der Waals surface area (Å²) in [6.07, 6.45) is 0.736. The van der Waals surface area contributed by atoms with Gasteiger partial charge >= 0.3 is 12.1 Å². The highest BCUT2D eigenvalue weighted by Gasteiger charge is 2.29. The van der Waals surface area contributed by atoms with Crippen LogP contribution in [0.1, 0.15) is 44.7 Å². The molecule has 142 valence electrons. The lowest BCUT2D eigenvalue weighted by atomic mass is 9.98. The highest BCUT2D eigenvalue weighted by molar-refractivity contribution is 7.13. The Hall–Kier alpha value is -3.19. The van der Waals surface area contributed by atoms with Crippen LogP contribution < -0.4 is 5.32 Å². The molecule has 0 spiro atoms. The van der Waals surface area contributed by atoms with Gasteiger partial charge in [-0.1, -0.05) is 48.5 Å². The summed E-state index contributed by atoms with van der Waals surface area (Å²) < 4.78 is 5.50. The molecule has 0 saturated carbocycles. The number of fused-ring (bicyclic) bond motifs is 3. The van der Waals surface area contributed by atoms with E-state index in [0.29, 0.717) is 5.01 Å². The van der Waals surface area contributed by atoms with Crippen molar-refractivity contribution in [2.45, 2.75) is 18.9 Å². The lowest BCUT2D eigenvalue weighted by Crippen LogP contribution is -2.28. The van der Waals surface area contributed by atoms with Gasteiger partial charge in [0, 0.05) is 5.92 Å². The Morgan fingerprint density at radius 3 is 2.32 bits per heavy atom. The van der Waals surface area contributed by atoms with E-state index in [1.165, 1.54) is 17.3 Å². The molecule has 4 rings (SSSR count). The average molecular weight is 394 g/mol. The number of nitrogens with zero attached hydrogens (tertiary/aromatic N) is 1. The normalized spacial score (nSPS) is 13.5. The molecule has 7 heteroatoms. The number of benzene rings is 2. The third-order valence-electron chi connectivity index (χ3n) is 4.78. The fourth-order valence-corrected chi connectivity index (χ4v) is 4.22. The van der Waals surface area contributed by atoms with Crippen molar-refractivity contribution in [3.63, 3.8) is 0 Å². The first kappa shape index (κ1) is 18.2. The maximum Gasteiger partial charge on any atom is 0.407 e. The fraction of sp³-hybridized carbons (Fsp3) is 0.190. The zero-order chi connectivity index (χ0) is 19.7. The van der Waals surface area contributed by atoms with Crippen LogP contribution in [0, 0.1) is 0 Å². The number of thiazole rings is 1. The van der Waals surface area contributed by atoms with Crippen molar-refractivity contribution in [1.29, 1.82) is 0 Å². The molecule has 1 aliphatic carbocycles. The maximum absolute atomic E-state index is 12.3. The molecule has 1 unspecified atom stereocenters. The van der Waals surface area contributed by atoms with Gasteiger partial charge < -0.3 is 15.2 Å². The molecular weight excluding hydrogens is 376 g/mol. The van der Waals surface area contributed by atoms with Gasteiger partial charge in [0.05, 0.1) is 12.2 Å². The van der Waals surface area contributed by atoms with E-state index in [9.17, 15) is 9.59 Å². The Morgan fingerprint density at radius 1 is 1.14 bits per heavy atom. The van der Waals surface area contributed by atoms with E-state index in [2.05, 4.69) is 34.6 Å². The van der Waals surface area contributed by atoms with E-state index < -0.39 is 18.1 Å². The smallest absolute Gasteiger partial charge is 0.407 e. The molecular formula is C21H18N2O4S. The minimum Gasteiger partial charge on any atom is -0.477 e. The molecule has 1 atom stereocenters. The van der Waals surface area contributed by atoms with Crippen LogP contribution in [0.25, 0.3) is 11.1 Å². The lowest BCUT2D eigenvalue weighted by molar-refractivity contribution is 0.0702. The third-order valence-corrected chi connectivity index (χ3v) is 5.95. The molecule has 3 aromatic rings. The predicted octanol–water partition coefficient (Wildman–Crippen LogP) is 4.44. The zero-order valence-electron chi connectivity index (χ0n) is 15.1. The number of alkyl carbamates (subject to hydrolysis) is 1. The van der Waals surface area contributed by atoms with Crippen molar-refractivity contribution < 1.29 is 19.4 Å². The summed E-state index contributed by atoms with van der Waals surface area (Å²) in [6.45, 7) is 1.97. The van der Waals surface area contributed by atoms with Crippen molar-refractivity contribution in [1.82, 2.24) is 10.3 Å². The quantitative estimate of drug-likeness (QED) is 0.668. The molecule has 6 nitrogen and oxygen atoms in total. The summed E-state index contributed by atoms with van der Waals surface area (Å²) in [7, 11) is 0. The summed E-state index contributed by atoms with van der Waals surface area (Å²) >= 11 is 1.03. The number of hydrogen-bond acceptors (Lipinski definition) is 5. The number of aromatic nitrogens is 1. The van der Waals surface area contributed by atoms with Gasteiger partial charge in [0.15, 0.2) is 0 Å². The molecule has 0 aliphatic heterocycles. The molecule has 1 aliphatic rings. The molecule has 28 heavy (non-hydrogen) atoms. The molecule has 0 radical (unpaired) electrons. The van der Waals surface area contributed by atoms with Crippen LogP contribution in [-0.2, 0) is 4.74 Å². The maximum atomic E-state index is 12.3. The molecule has 1 amide bonds. The Balaban J connectivity index is 1.43. The molecule has 2 aromatic carbocycles. The SMILES string of the molecule is CC(NC(=O)OCC1c2ccccc2-c2ccccc21)c1ncc(C(=O)O)s1. The molecule has 0 bridgehead atoms. The average Bonchev–Trinajstić information content (AvgIpc) is 3.30. The highest BCUT2D eigenvalue weighted by Crippen LogP contribution is 2.44. The predicted molar refractivity (Wildman–Crippen MR) is 106 cm³/mol. The van der Waals surface area contributed by atoms with E-state index in [1.54, 1.807) is 6.92 Å². The molecule has 1 heterocycles. The first-order valence-electron chi connectivity index (χ1n) is 8.85. The summed E-state index contributed by atoms with van der Waals surface area (Å²) in [5, 5.41) is 12.2. The van der Waals surface area contributed by atoms with Gasteiger partial charge in [-0.25, -0.2) is 14.6 Å². The van der Waals surface area contributed by atoms with Crippen LogP contribution in [0.5, 0.6) is 0 Å². The first-order chi connectivity index (χ1) is 13.5. The number of carbonyl (C=O) groups is 2. The van der Waals surface area contributed by atoms with E-state index in [1.807, 2.05) is 24.3 Å². The number of carboxylic acid groups (broad SMARTS) is 1. The van der Waals surface area contributed by atoms with Gasteiger partial charge in [0.2, 0.25) is 0 Å². The Morgan fingerprint density at radius 2 is 1.75 bits per heavy atom. The topological polar surface area (TPSA) is 88.5 Å². The second-order valence-corrected chi connectivity index (χ2v) is 7.62. The number of ether oxygens (including phenoxy) is 1. The Bertz CT molecular complexity index is 1000. The van der Waals surface area contributed by atoms with Crippen LogP contribution in [0.4, 0.5) is 4.79 Å². The second kappa shape index (κ2) is 7.44. The van der Waals surface area contributed by atoms with Crippen LogP contribution >= 0.6 is 11.3 Å². The van der Waals surface area contributed by atoms with Gasteiger partial charge in [-0.15, -0.1) is 11.3 Å². The van der Waals surface area contributed by atoms with Gasteiger partial charge in [0.1, 0.15) is 16.5 Å². The number of amides is 1. The Labute approximate surface area is 165 Å². The highest BCUT2D eigenvalue weighted by atomic mass is 32.1. The summed E-state index contributed by atoms with van der Waals surface area (Å²) in [6, 6.07) is 15.8. The molecule has 1 aromatic heterocycles. The van der Waals surface area contributed by atoms with Gasteiger partial charge in [0.25, 0.3) is 0 Å². The third kappa shape index (κ3) is 3.36. The van der Waals surface area contributed by atoms with E-state index in [-0.39, 0.29) is 17.4 Å². The van der Waals surface area contributed by atoms with Crippen molar-refractivity contribution in [3.8, 4) is 11.1 Å². The molecule has 2 N–H and O–H groups in total. The van der Waals surface area contributed by atoms with Crippen LogP contribution in [-0.4, -0.2) is 28.8 Å². The van der Waals surface area contributed by atoms with E-state index >= 15 is 0 Å². The largest absolute Gasteiger partial charge is 0.477 e. The van der Waals surface area contributed by atoms with E-state index in [4.69, 9.17) is 9.84 Å². The number of carbonyl (C=O) groups excluding carboxylic acids is 1. The summed E-state index contributed by atoms with van der Waals surface area (Å²) in [4.78, 5) is 27.4. The van der Waals surface area contributed by atoms with Crippen LogP contribution in [0.2, 0.25) is 0 Å².